The van der Waals surface area contributed by atoms with Gasteiger partial charge in [-0.15, -0.1) is 0 Å². The number of nitrogens with zero attached hydrogens (tertiary/aromatic N) is 1. The first kappa shape index (κ1) is 8.52. The molecule has 1 aromatic rings. The molecule has 0 saturated heterocycles. The van der Waals surface area contributed by atoms with E-state index in [0.29, 0.717) is 5.56 Å². The molecule has 0 aliphatic heterocycles. The fraction of sp³-hybridized carbons (Fsp3) is 0.125. The molecule has 0 unspecified atom stereocenters. The van der Waals surface area contributed by atoms with E-state index < -0.39 is 0 Å². The predicted octanol–water partition coefficient (Wildman–Crippen LogP) is 1.09. The van der Waals surface area contributed by atoms with Crippen molar-refractivity contribution in [2.24, 2.45) is 10.9 Å². The molecule has 0 aliphatic carbocycles. The highest BCUT2D eigenvalue weighted by molar-refractivity contribution is 5.96. The molecule has 0 saturated carbocycles. The maximum absolute atomic E-state index is 12.6. The normalized spacial score (nSPS) is 11.3. The fourth-order valence-corrected chi connectivity index (χ4v) is 0.799. The van der Waals surface area contributed by atoms with Crippen molar-refractivity contribution in [3.63, 3.8) is 0 Å². The van der Waals surface area contributed by atoms with Crippen LogP contribution in [-0.2, 0) is 4.84 Å². The van der Waals surface area contributed by atoms with Crippen molar-refractivity contribution in [2.45, 2.75) is 0 Å². The summed E-state index contributed by atoms with van der Waals surface area (Å²) in [4.78, 5) is 4.44. The van der Waals surface area contributed by atoms with Crippen LogP contribution in [0.3, 0.4) is 0 Å². The quantitative estimate of drug-likeness (QED) is 0.408. The molecule has 2 N–H and O–H groups in total. The average molecular weight is 168 g/mol. The molecule has 0 spiro atoms. The summed E-state index contributed by atoms with van der Waals surface area (Å²) in [6.45, 7) is 0. The minimum absolute atomic E-state index is 0.164. The van der Waals surface area contributed by atoms with Gasteiger partial charge in [0.15, 0.2) is 5.84 Å². The summed E-state index contributed by atoms with van der Waals surface area (Å²) in [5.41, 5.74) is 5.94. The highest BCUT2D eigenvalue weighted by atomic mass is 19.1. The van der Waals surface area contributed by atoms with Crippen LogP contribution in [0, 0.1) is 5.82 Å². The van der Waals surface area contributed by atoms with Crippen LogP contribution in [0.1, 0.15) is 5.56 Å². The summed E-state index contributed by atoms with van der Waals surface area (Å²) in [6.07, 6.45) is 0. The van der Waals surface area contributed by atoms with Crippen LogP contribution in [0.15, 0.2) is 29.4 Å². The number of oxime groups is 1. The maximum atomic E-state index is 12.6. The van der Waals surface area contributed by atoms with Gasteiger partial charge in [-0.2, -0.15) is 0 Å². The van der Waals surface area contributed by atoms with E-state index in [9.17, 15) is 4.39 Å². The van der Waals surface area contributed by atoms with Gasteiger partial charge in [0.05, 0.1) is 0 Å². The van der Waals surface area contributed by atoms with Crippen molar-refractivity contribution in [3.05, 3.63) is 35.6 Å². The zero-order valence-electron chi connectivity index (χ0n) is 6.62. The van der Waals surface area contributed by atoms with Gasteiger partial charge in [-0.05, 0) is 12.1 Å². The lowest BCUT2D eigenvalue weighted by Gasteiger charge is -1.98. The highest BCUT2D eigenvalue weighted by Gasteiger charge is 1.98. The van der Waals surface area contributed by atoms with Crippen LogP contribution in [0.5, 0.6) is 0 Å². The monoisotopic (exact) mass is 168 g/mol. The van der Waals surface area contributed by atoms with Gasteiger partial charge in [0.2, 0.25) is 0 Å². The Bertz CT molecular complexity index is 299. The van der Waals surface area contributed by atoms with Crippen LogP contribution in [0.25, 0.3) is 0 Å². The maximum Gasteiger partial charge on any atom is 0.170 e. The molecule has 0 heterocycles. The lowest BCUT2D eigenvalue weighted by Crippen LogP contribution is -2.13. The molecular formula is C8H9FN2O. The Labute approximate surface area is 69.6 Å². The molecule has 0 amide bonds. The second kappa shape index (κ2) is 3.71. The van der Waals surface area contributed by atoms with Gasteiger partial charge in [0.25, 0.3) is 0 Å². The Morgan fingerprint density at radius 3 is 2.92 bits per heavy atom. The Kier molecular flexibility index (Phi) is 2.63. The van der Waals surface area contributed by atoms with E-state index in [2.05, 4.69) is 9.99 Å². The predicted molar refractivity (Wildman–Crippen MR) is 44.1 cm³/mol. The molecule has 1 rings (SSSR count). The molecule has 4 heteroatoms. The fourth-order valence-electron chi connectivity index (χ4n) is 0.799. The summed E-state index contributed by atoms with van der Waals surface area (Å²) < 4.78 is 12.6. The largest absolute Gasteiger partial charge is 0.397 e. The van der Waals surface area contributed by atoms with E-state index >= 15 is 0 Å². The Morgan fingerprint density at radius 1 is 1.58 bits per heavy atom. The van der Waals surface area contributed by atoms with Crippen LogP contribution in [-0.4, -0.2) is 12.9 Å². The van der Waals surface area contributed by atoms with Crippen molar-refractivity contribution in [2.75, 3.05) is 7.11 Å². The van der Waals surface area contributed by atoms with E-state index in [4.69, 9.17) is 5.73 Å². The number of nitrogens with two attached hydrogens (primary N) is 1. The molecule has 12 heavy (non-hydrogen) atoms. The first-order valence-electron chi connectivity index (χ1n) is 3.36. The Morgan fingerprint density at radius 2 is 2.33 bits per heavy atom. The minimum atomic E-state index is -0.346. The topological polar surface area (TPSA) is 47.6 Å². The molecular weight excluding hydrogens is 159 g/mol. The third kappa shape index (κ3) is 1.95. The first-order chi connectivity index (χ1) is 5.74. The lowest BCUT2D eigenvalue weighted by molar-refractivity contribution is 0.213. The number of amidine groups is 1. The van der Waals surface area contributed by atoms with Crippen LogP contribution in [0.2, 0.25) is 0 Å². The van der Waals surface area contributed by atoms with Crippen molar-refractivity contribution >= 4 is 5.84 Å². The van der Waals surface area contributed by atoms with E-state index in [0.717, 1.165) is 0 Å². The zero-order chi connectivity index (χ0) is 8.97. The van der Waals surface area contributed by atoms with Crippen molar-refractivity contribution in [3.8, 4) is 0 Å². The van der Waals surface area contributed by atoms with Gasteiger partial charge in [0, 0.05) is 5.56 Å². The summed E-state index contributed by atoms with van der Waals surface area (Å²) in [7, 11) is 1.38. The average Bonchev–Trinajstić information content (AvgIpc) is 2.05. The summed E-state index contributed by atoms with van der Waals surface area (Å²) >= 11 is 0. The van der Waals surface area contributed by atoms with Crippen LogP contribution < -0.4 is 5.73 Å². The second-order valence-electron chi connectivity index (χ2n) is 2.17. The number of rotatable bonds is 2. The van der Waals surface area contributed by atoms with Crippen molar-refractivity contribution < 1.29 is 9.23 Å². The molecule has 0 aliphatic rings. The molecule has 3 nitrogen and oxygen atoms in total. The van der Waals surface area contributed by atoms with Crippen molar-refractivity contribution in [1.29, 1.82) is 0 Å². The van der Waals surface area contributed by atoms with Gasteiger partial charge in [-0.1, -0.05) is 17.3 Å². The molecule has 1 aromatic carbocycles. The van der Waals surface area contributed by atoms with Crippen LogP contribution >= 0.6 is 0 Å². The smallest absolute Gasteiger partial charge is 0.170 e. The minimum Gasteiger partial charge on any atom is -0.397 e. The SMILES string of the molecule is CON=C(N)c1cccc(F)c1. The van der Waals surface area contributed by atoms with Gasteiger partial charge in [-0.25, -0.2) is 4.39 Å². The van der Waals surface area contributed by atoms with Gasteiger partial charge >= 0.3 is 0 Å². The first-order valence-corrected chi connectivity index (χ1v) is 3.36. The summed E-state index contributed by atoms with van der Waals surface area (Å²) in [6, 6.07) is 5.84. The Hall–Kier alpha value is -1.58. The van der Waals surface area contributed by atoms with Gasteiger partial charge in [0.1, 0.15) is 12.9 Å². The van der Waals surface area contributed by atoms with Gasteiger partial charge in [-0.3, -0.25) is 0 Å². The van der Waals surface area contributed by atoms with Crippen LogP contribution in [0.4, 0.5) is 4.39 Å². The highest BCUT2D eigenvalue weighted by Crippen LogP contribution is 2.02. The zero-order valence-corrected chi connectivity index (χ0v) is 6.62. The van der Waals surface area contributed by atoms with Crippen molar-refractivity contribution in [1.82, 2.24) is 0 Å². The standard InChI is InChI=1S/C8H9FN2O/c1-12-11-8(10)6-3-2-4-7(9)5-6/h2-5H,1H3,(H2,10,11). The summed E-state index contributed by atoms with van der Waals surface area (Å²) in [5, 5.41) is 3.46. The number of benzene rings is 1. The second-order valence-corrected chi connectivity index (χ2v) is 2.17. The number of halogens is 1. The van der Waals surface area contributed by atoms with E-state index in [-0.39, 0.29) is 11.7 Å². The van der Waals surface area contributed by atoms with E-state index in [1.807, 2.05) is 0 Å². The molecule has 0 aromatic heterocycles. The van der Waals surface area contributed by atoms with E-state index in [1.165, 1.54) is 19.2 Å². The number of hydrogen-bond acceptors (Lipinski definition) is 2. The molecule has 0 fully saturated rings. The van der Waals surface area contributed by atoms with E-state index in [1.54, 1.807) is 12.1 Å². The third-order valence-electron chi connectivity index (χ3n) is 1.31. The number of hydrogen-bond donors (Lipinski definition) is 1. The molecule has 0 atom stereocenters. The molecule has 64 valence electrons. The van der Waals surface area contributed by atoms with Gasteiger partial charge < -0.3 is 10.6 Å². The third-order valence-corrected chi connectivity index (χ3v) is 1.31. The summed E-state index contributed by atoms with van der Waals surface area (Å²) in [5.74, 6) is -0.182. The lowest BCUT2D eigenvalue weighted by atomic mass is 10.2. The Balaban J connectivity index is 2.95. The molecule has 0 radical (unpaired) electrons. The molecule has 0 bridgehead atoms.